The Bertz CT molecular complexity index is 464. The van der Waals surface area contributed by atoms with E-state index >= 15 is 0 Å². The van der Waals surface area contributed by atoms with Crippen LogP contribution in [0.1, 0.15) is 0 Å². The quantitative estimate of drug-likeness (QED) is 0.595. The number of anilines is 2. The number of nitrogens with zero attached hydrogens (tertiary/aromatic N) is 4. The third-order valence-corrected chi connectivity index (χ3v) is 2.61. The van der Waals surface area contributed by atoms with Crippen molar-refractivity contribution in [2.75, 3.05) is 52.0 Å². The summed E-state index contributed by atoms with van der Waals surface area (Å²) in [5, 5.41) is 10.8. The van der Waals surface area contributed by atoms with E-state index in [0.29, 0.717) is 12.4 Å². The van der Waals surface area contributed by atoms with Gasteiger partial charge in [0, 0.05) is 26.2 Å². The number of nitro groups is 1. The molecule has 8 nitrogen and oxygen atoms in total. The number of nitrogens with two attached hydrogens (primary N) is 1. The lowest BCUT2D eigenvalue weighted by atomic mass is 10.3. The molecule has 1 heterocycles. The number of aromatic nitrogens is 1. The van der Waals surface area contributed by atoms with Gasteiger partial charge in [0.25, 0.3) is 5.88 Å². The zero-order valence-corrected chi connectivity index (χ0v) is 11.6. The summed E-state index contributed by atoms with van der Waals surface area (Å²) in [7, 11) is 7.09. The molecule has 0 amide bonds. The van der Waals surface area contributed by atoms with E-state index in [-0.39, 0.29) is 17.3 Å². The topological polar surface area (TPSA) is 97.8 Å². The summed E-state index contributed by atoms with van der Waals surface area (Å²) in [6.45, 7) is 1.52. The van der Waals surface area contributed by atoms with Crippen molar-refractivity contribution in [3.63, 3.8) is 0 Å². The summed E-state index contributed by atoms with van der Waals surface area (Å²) in [6.07, 6.45) is 0. The second-order valence-corrected chi connectivity index (χ2v) is 4.41. The molecule has 0 fully saturated rings. The van der Waals surface area contributed by atoms with Crippen LogP contribution in [0.15, 0.2) is 6.07 Å². The molecule has 0 aliphatic carbocycles. The first-order valence-corrected chi connectivity index (χ1v) is 5.71. The number of rotatable bonds is 6. The Morgan fingerprint density at radius 2 is 2.05 bits per heavy atom. The third kappa shape index (κ3) is 3.68. The average Bonchev–Trinajstić information content (AvgIpc) is 2.35. The van der Waals surface area contributed by atoms with Crippen LogP contribution in [0.5, 0.6) is 5.88 Å². The van der Waals surface area contributed by atoms with Gasteiger partial charge >= 0.3 is 5.69 Å². The molecule has 19 heavy (non-hydrogen) atoms. The van der Waals surface area contributed by atoms with Gasteiger partial charge in [-0.3, -0.25) is 10.1 Å². The molecule has 1 aromatic heterocycles. The SMILES string of the molecule is COc1nc(N(C)CCN(C)C)c(N)cc1[N+](=O)[O-]. The molecule has 0 bridgehead atoms. The highest BCUT2D eigenvalue weighted by atomic mass is 16.6. The summed E-state index contributed by atoms with van der Waals surface area (Å²) >= 11 is 0. The number of methoxy groups -OCH3 is 1. The smallest absolute Gasteiger partial charge is 0.333 e. The number of pyridine rings is 1. The van der Waals surface area contributed by atoms with Crippen molar-refractivity contribution >= 4 is 17.2 Å². The molecule has 8 heteroatoms. The van der Waals surface area contributed by atoms with E-state index in [1.807, 2.05) is 30.9 Å². The predicted molar refractivity (Wildman–Crippen MR) is 73.7 cm³/mol. The molecular formula is C11H19N5O3. The molecule has 1 aromatic rings. The van der Waals surface area contributed by atoms with Crippen molar-refractivity contribution in [1.82, 2.24) is 9.88 Å². The van der Waals surface area contributed by atoms with Crippen molar-refractivity contribution in [2.45, 2.75) is 0 Å². The van der Waals surface area contributed by atoms with E-state index in [1.165, 1.54) is 13.2 Å². The minimum atomic E-state index is -0.564. The number of nitrogen functional groups attached to an aromatic ring is 1. The van der Waals surface area contributed by atoms with Gasteiger partial charge in [-0.2, -0.15) is 4.98 Å². The standard InChI is InChI=1S/C11H19N5O3/c1-14(2)5-6-15(3)10-8(12)7-9(16(17)18)11(13-10)19-4/h7H,5-6,12H2,1-4H3. The van der Waals surface area contributed by atoms with Crippen LogP contribution in [-0.2, 0) is 0 Å². The molecular weight excluding hydrogens is 250 g/mol. The van der Waals surface area contributed by atoms with Gasteiger partial charge in [-0.25, -0.2) is 0 Å². The normalized spacial score (nSPS) is 10.6. The van der Waals surface area contributed by atoms with Crippen molar-refractivity contribution in [1.29, 1.82) is 0 Å². The fourth-order valence-electron chi connectivity index (χ4n) is 1.53. The highest BCUT2D eigenvalue weighted by molar-refractivity contribution is 5.68. The maximum atomic E-state index is 10.8. The van der Waals surface area contributed by atoms with Crippen molar-refractivity contribution in [2.24, 2.45) is 0 Å². The average molecular weight is 269 g/mol. The number of likely N-dealkylation sites (N-methyl/N-ethyl adjacent to an activating group) is 2. The second kappa shape index (κ2) is 6.19. The van der Waals surface area contributed by atoms with Crippen LogP contribution in [-0.4, -0.2) is 56.1 Å². The fourth-order valence-corrected chi connectivity index (χ4v) is 1.53. The van der Waals surface area contributed by atoms with Crippen molar-refractivity contribution in [3.05, 3.63) is 16.2 Å². The monoisotopic (exact) mass is 269 g/mol. The van der Waals surface area contributed by atoms with Crippen LogP contribution in [0.2, 0.25) is 0 Å². The maximum absolute atomic E-state index is 10.8. The fraction of sp³-hybridized carbons (Fsp3) is 0.545. The van der Waals surface area contributed by atoms with Crippen LogP contribution in [0.25, 0.3) is 0 Å². The number of hydrogen-bond donors (Lipinski definition) is 1. The molecule has 0 aliphatic rings. The van der Waals surface area contributed by atoms with Gasteiger partial charge in [0.1, 0.15) is 0 Å². The summed E-state index contributed by atoms with van der Waals surface area (Å²) in [4.78, 5) is 18.2. The Labute approximate surface area is 111 Å². The largest absolute Gasteiger partial charge is 0.476 e. The highest BCUT2D eigenvalue weighted by Crippen LogP contribution is 2.32. The summed E-state index contributed by atoms with van der Waals surface area (Å²) in [6, 6.07) is 1.27. The van der Waals surface area contributed by atoms with E-state index in [2.05, 4.69) is 4.98 Å². The van der Waals surface area contributed by atoms with Gasteiger partial charge in [0.15, 0.2) is 5.82 Å². The Morgan fingerprint density at radius 1 is 1.42 bits per heavy atom. The Balaban J connectivity index is 3.05. The molecule has 106 valence electrons. The van der Waals surface area contributed by atoms with Crippen LogP contribution in [0.3, 0.4) is 0 Å². The highest BCUT2D eigenvalue weighted by Gasteiger charge is 2.21. The second-order valence-electron chi connectivity index (χ2n) is 4.41. The minimum Gasteiger partial charge on any atom is -0.476 e. The van der Waals surface area contributed by atoms with Crippen LogP contribution < -0.4 is 15.4 Å². The van der Waals surface area contributed by atoms with E-state index in [1.54, 1.807) is 0 Å². The van der Waals surface area contributed by atoms with Crippen LogP contribution in [0.4, 0.5) is 17.2 Å². The Morgan fingerprint density at radius 3 is 2.53 bits per heavy atom. The first kappa shape index (κ1) is 15.0. The molecule has 0 saturated heterocycles. The molecule has 0 saturated carbocycles. The first-order valence-electron chi connectivity index (χ1n) is 5.71. The molecule has 0 unspecified atom stereocenters. The molecule has 0 atom stereocenters. The van der Waals surface area contributed by atoms with Crippen molar-refractivity contribution < 1.29 is 9.66 Å². The van der Waals surface area contributed by atoms with Crippen molar-refractivity contribution in [3.8, 4) is 5.88 Å². The molecule has 0 aromatic carbocycles. The van der Waals surface area contributed by atoms with Gasteiger partial charge in [-0.1, -0.05) is 0 Å². The third-order valence-electron chi connectivity index (χ3n) is 2.61. The van der Waals surface area contributed by atoms with Gasteiger partial charge in [-0.05, 0) is 14.1 Å². The molecule has 0 spiro atoms. The molecule has 0 aliphatic heterocycles. The summed E-state index contributed by atoms with van der Waals surface area (Å²) in [5.41, 5.74) is 5.84. The summed E-state index contributed by atoms with van der Waals surface area (Å²) < 4.78 is 4.93. The van der Waals surface area contributed by atoms with Gasteiger partial charge < -0.3 is 20.3 Å². The first-order chi connectivity index (χ1) is 8.86. The van der Waals surface area contributed by atoms with Gasteiger partial charge in [0.2, 0.25) is 0 Å². The zero-order valence-electron chi connectivity index (χ0n) is 11.6. The van der Waals surface area contributed by atoms with Gasteiger partial charge in [0.05, 0.1) is 17.7 Å². The van der Waals surface area contributed by atoms with E-state index in [9.17, 15) is 10.1 Å². The Kier molecular flexibility index (Phi) is 4.87. The maximum Gasteiger partial charge on any atom is 0.333 e. The molecule has 0 radical (unpaired) electrons. The lowest BCUT2D eigenvalue weighted by Gasteiger charge is -2.22. The van der Waals surface area contributed by atoms with Crippen LogP contribution in [0, 0.1) is 10.1 Å². The predicted octanol–water partition coefficient (Wildman–Crippen LogP) is 0.578. The lowest BCUT2D eigenvalue weighted by molar-refractivity contribution is -0.386. The minimum absolute atomic E-state index is 0.0362. The molecule has 2 N–H and O–H groups in total. The van der Waals surface area contributed by atoms with Gasteiger partial charge in [-0.15, -0.1) is 0 Å². The number of hydrogen-bond acceptors (Lipinski definition) is 7. The Hall–Kier alpha value is -2.09. The van der Waals surface area contributed by atoms with E-state index < -0.39 is 4.92 Å². The number of ether oxygens (including phenoxy) is 1. The van der Waals surface area contributed by atoms with E-state index in [4.69, 9.17) is 10.5 Å². The summed E-state index contributed by atoms with van der Waals surface area (Å²) in [5.74, 6) is 0.440. The van der Waals surface area contributed by atoms with Crippen LogP contribution >= 0.6 is 0 Å². The zero-order chi connectivity index (χ0) is 14.6. The van der Waals surface area contributed by atoms with E-state index in [0.717, 1.165) is 6.54 Å². The molecule has 1 rings (SSSR count). The lowest BCUT2D eigenvalue weighted by Crippen LogP contribution is -2.29.